The average Bonchev–Trinajstić information content (AvgIpc) is 1.55. The molecular formula is C107H96N2. The van der Waals surface area contributed by atoms with Crippen LogP contribution in [0, 0.1) is 13.8 Å². The summed E-state index contributed by atoms with van der Waals surface area (Å²) < 4.78 is 0. The van der Waals surface area contributed by atoms with Crippen molar-refractivity contribution in [3.05, 3.63) is 425 Å². The van der Waals surface area contributed by atoms with Crippen molar-refractivity contribution in [3.63, 3.8) is 0 Å². The van der Waals surface area contributed by atoms with Gasteiger partial charge in [-0.3, -0.25) is 0 Å². The van der Waals surface area contributed by atoms with Gasteiger partial charge >= 0.3 is 0 Å². The number of benzene rings is 14. The summed E-state index contributed by atoms with van der Waals surface area (Å²) >= 11 is 0. The molecule has 2 heteroatoms. The van der Waals surface area contributed by atoms with Crippen LogP contribution in [-0.2, 0) is 23.7 Å². The Balaban J connectivity index is 0.831. The summed E-state index contributed by atoms with van der Waals surface area (Å²) in [5, 5.41) is 4.78. The van der Waals surface area contributed by atoms with Gasteiger partial charge in [0.2, 0.25) is 0 Å². The normalized spacial score (nSPS) is 14.9. The van der Waals surface area contributed by atoms with Crippen molar-refractivity contribution in [2.45, 2.75) is 110 Å². The molecular weight excluding hydrogens is 1310 g/mol. The number of anilines is 6. The predicted octanol–water partition coefficient (Wildman–Crippen LogP) is 29.6. The minimum absolute atomic E-state index is 0.595. The molecule has 2 atom stereocenters. The molecule has 2 aliphatic carbocycles. The van der Waals surface area contributed by atoms with Crippen molar-refractivity contribution in [1.82, 2.24) is 0 Å². The zero-order valence-corrected chi connectivity index (χ0v) is 63.8. The second-order valence-corrected chi connectivity index (χ2v) is 30.0. The molecule has 2 nitrogen and oxygen atoms in total. The molecule has 0 heterocycles. The van der Waals surface area contributed by atoms with Crippen LogP contribution < -0.4 is 9.80 Å². The monoisotopic (exact) mass is 1410 g/mol. The van der Waals surface area contributed by atoms with Crippen molar-refractivity contribution in [2.24, 2.45) is 0 Å². The van der Waals surface area contributed by atoms with Crippen LogP contribution in [-0.4, -0.2) is 0 Å². The maximum Gasteiger partial charge on any atom is 0.0714 e. The summed E-state index contributed by atoms with van der Waals surface area (Å²) in [4.78, 5) is 5.01. The quantitative estimate of drug-likeness (QED) is 0.0499. The summed E-state index contributed by atoms with van der Waals surface area (Å²) in [6.07, 6.45) is 21.9. The number of rotatable bonds is 26. The summed E-state index contributed by atoms with van der Waals surface area (Å²) in [5.74, 6) is 0. The minimum atomic E-state index is -0.662. The lowest BCUT2D eigenvalue weighted by atomic mass is 9.66. The molecule has 0 radical (unpaired) electrons. The van der Waals surface area contributed by atoms with Crippen LogP contribution in [0.2, 0.25) is 0 Å². The Kier molecular flexibility index (Phi) is 20.2. The molecule has 534 valence electrons. The lowest BCUT2D eigenvalue weighted by Crippen LogP contribution is -2.29. The number of unbranched alkanes of at least 4 members (excludes halogenated alkanes) is 6. The van der Waals surface area contributed by atoms with Crippen LogP contribution in [0.25, 0.3) is 72.7 Å². The maximum atomic E-state index is 4.52. The van der Waals surface area contributed by atoms with E-state index in [2.05, 4.69) is 386 Å². The fraction of sp³-hybridized carbons (Fsp3) is 0.159. The Labute approximate surface area is 646 Å². The summed E-state index contributed by atoms with van der Waals surface area (Å²) in [5.41, 5.74) is 32.7. The fourth-order valence-corrected chi connectivity index (χ4v) is 18.0. The zero-order valence-electron chi connectivity index (χ0n) is 63.8. The van der Waals surface area contributed by atoms with Gasteiger partial charge in [0.15, 0.2) is 0 Å². The Morgan fingerprint density at radius 3 is 1.19 bits per heavy atom. The molecule has 0 N–H and O–H groups in total. The lowest BCUT2D eigenvalue weighted by molar-refractivity contribution is 0.664. The first-order valence-corrected chi connectivity index (χ1v) is 39.5. The number of hydrogen-bond donors (Lipinski definition) is 0. The molecule has 0 fully saturated rings. The second kappa shape index (κ2) is 31.0. The van der Waals surface area contributed by atoms with Crippen LogP contribution in [0.15, 0.2) is 347 Å². The van der Waals surface area contributed by atoms with E-state index in [0.717, 1.165) is 76.5 Å². The molecule has 14 aromatic carbocycles. The summed E-state index contributed by atoms with van der Waals surface area (Å²) in [7, 11) is 0. The topological polar surface area (TPSA) is 6.48 Å². The number of hydrogen-bond acceptors (Lipinski definition) is 2. The molecule has 109 heavy (non-hydrogen) atoms. The SMILES string of the molecule is C=CC1=C(/C=C\C)C(c2ccc(C)cc2)(c2ccc(C=C)cc2)c2cc(N(c3ccc(-c4cc(CCCCCC)c(-c5ccc(N(c6ccc7c(c6)C(c6ccc(C)cc6)(c6ccc(C=C)cc6)c6ccccc6-7)c6cccc7ccccc67)cc5)cc4CCCCCC)cc3)c3cccc4ccccc34)ccc21. The highest BCUT2D eigenvalue weighted by Crippen LogP contribution is 2.60. The van der Waals surface area contributed by atoms with Gasteiger partial charge in [0.25, 0.3) is 0 Å². The molecule has 16 rings (SSSR count). The van der Waals surface area contributed by atoms with Gasteiger partial charge < -0.3 is 9.80 Å². The highest BCUT2D eigenvalue weighted by atomic mass is 15.1. The zero-order chi connectivity index (χ0) is 74.6. The van der Waals surface area contributed by atoms with E-state index in [1.165, 1.54) is 166 Å². The van der Waals surface area contributed by atoms with Crippen LogP contribution in [0.5, 0.6) is 0 Å². The molecule has 0 spiro atoms. The molecule has 2 aliphatic rings. The smallest absolute Gasteiger partial charge is 0.0714 e. The highest BCUT2D eigenvalue weighted by Gasteiger charge is 2.48. The third-order valence-electron chi connectivity index (χ3n) is 23.4. The molecule has 0 saturated carbocycles. The van der Waals surface area contributed by atoms with Crippen LogP contribution in [0.1, 0.15) is 150 Å². The Hall–Kier alpha value is -12.1. The molecule has 0 aromatic heterocycles. The highest BCUT2D eigenvalue weighted by molar-refractivity contribution is 6.02. The maximum absolute atomic E-state index is 4.52. The average molecular weight is 1410 g/mol. The first-order chi connectivity index (χ1) is 53.6. The Morgan fingerprint density at radius 1 is 0.330 bits per heavy atom. The van der Waals surface area contributed by atoms with Gasteiger partial charge in [-0.1, -0.05) is 356 Å². The number of fused-ring (bicyclic) bond motifs is 6. The fourth-order valence-electron chi connectivity index (χ4n) is 18.0. The van der Waals surface area contributed by atoms with Crippen molar-refractivity contribution < 1.29 is 0 Å². The van der Waals surface area contributed by atoms with Gasteiger partial charge in [0, 0.05) is 33.5 Å². The molecule has 14 aromatic rings. The van der Waals surface area contributed by atoms with Crippen LogP contribution in [0.3, 0.4) is 0 Å². The van der Waals surface area contributed by atoms with Crippen LogP contribution >= 0.6 is 0 Å². The Bertz CT molecular complexity index is 5760. The summed E-state index contributed by atoms with van der Waals surface area (Å²) in [6.45, 7) is 23.9. The van der Waals surface area contributed by atoms with E-state index in [1.807, 2.05) is 12.2 Å². The van der Waals surface area contributed by atoms with Gasteiger partial charge in [-0.25, -0.2) is 0 Å². The largest absolute Gasteiger partial charge is 0.310 e. The van der Waals surface area contributed by atoms with E-state index in [0.29, 0.717) is 0 Å². The van der Waals surface area contributed by atoms with Crippen molar-refractivity contribution >= 4 is 73.4 Å². The van der Waals surface area contributed by atoms with Crippen molar-refractivity contribution in [1.29, 1.82) is 0 Å². The molecule has 0 aliphatic heterocycles. The van der Waals surface area contributed by atoms with E-state index in [-0.39, 0.29) is 0 Å². The summed E-state index contributed by atoms with van der Waals surface area (Å²) in [6, 6.07) is 116. The molecule has 2 unspecified atom stereocenters. The molecule has 0 bridgehead atoms. The van der Waals surface area contributed by atoms with E-state index >= 15 is 0 Å². The van der Waals surface area contributed by atoms with Gasteiger partial charge in [0.05, 0.1) is 22.2 Å². The van der Waals surface area contributed by atoms with Gasteiger partial charge in [-0.2, -0.15) is 0 Å². The number of allylic oxidation sites excluding steroid dienone is 5. The van der Waals surface area contributed by atoms with E-state index < -0.39 is 10.8 Å². The molecule has 0 saturated heterocycles. The van der Waals surface area contributed by atoms with E-state index in [1.54, 1.807) is 0 Å². The predicted molar refractivity (Wildman–Crippen MR) is 469 cm³/mol. The van der Waals surface area contributed by atoms with E-state index in [4.69, 9.17) is 0 Å². The second-order valence-electron chi connectivity index (χ2n) is 30.0. The third kappa shape index (κ3) is 12.9. The number of aryl methyl sites for hydroxylation is 4. The Morgan fingerprint density at radius 2 is 0.734 bits per heavy atom. The van der Waals surface area contributed by atoms with E-state index in [9.17, 15) is 0 Å². The first-order valence-electron chi connectivity index (χ1n) is 39.5. The van der Waals surface area contributed by atoms with Crippen LogP contribution in [0.4, 0.5) is 34.1 Å². The van der Waals surface area contributed by atoms with Gasteiger partial charge in [-0.15, -0.1) is 0 Å². The van der Waals surface area contributed by atoms with Crippen molar-refractivity contribution in [3.8, 4) is 33.4 Å². The third-order valence-corrected chi connectivity index (χ3v) is 23.4. The lowest BCUT2D eigenvalue weighted by Gasteiger charge is -2.36. The standard InChI is InChI=1S/C107H96N2/c1-9-15-17-19-32-82-71-99(81-52-64-89(65-53-81)109(105-41-28-35-79-31-22-24-37-94(79)105)91-67-69-97-95-38-25-26-39-101(95)107(103(97)73-91,85-56-44-75(8)45-57-85)87-60-48-77(13-5)49-61-87)83(33-20-18-16-10-2)70-98(82)80-50-62-88(63-51-80)108(104-40-27-34-78-30-21-23-36-93(78)104)90-66-68-96-92(14-6)100(29-11-3)106(102(96)72-90,84-54-42-74(7)43-55-84)86-58-46-76(12-4)47-59-86/h11-14,21-31,34-73H,4-6,9-10,15-20,32-33H2,1-3,7-8H3/b29-11-. The van der Waals surface area contributed by atoms with Crippen molar-refractivity contribution in [2.75, 3.05) is 9.80 Å². The first kappa shape index (κ1) is 71.2. The molecule has 0 amide bonds. The van der Waals surface area contributed by atoms with Gasteiger partial charge in [0.1, 0.15) is 0 Å². The number of nitrogens with zero attached hydrogens (tertiary/aromatic N) is 2. The van der Waals surface area contributed by atoms with Gasteiger partial charge in [-0.05, 0) is 229 Å². The minimum Gasteiger partial charge on any atom is -0.310 e.